The van der Waals surface area contributed by atoms with Crippen molar-refractivity contribution < 1.29 is 8.42 Å². The Labute approximate surface area is 121 Å². The van der Waals surface area contributed by atoms with E-state index in [9.17, 15) is 8.42 Å². The van der Waals surface area contributed by atoms with Crippen molar-refractivity contribution in [1.29, 1.82) is 0 Å². The summed E-state index contributed by atoms with van der Waals surface area (Å²) in [4.78, 5) is 1.23. The minimum atomic E-state index is -2.77. The molecule has 0 amide bonds. The van der Waals surface area contributed by atoms with Gasteiger partial charge in [0, 0.05) is 27.7 Å². The Morgan fingerprint density at radius 2 is 2.28 bits per heavy atom. The third-order valence-electron chi connectivity index (χ3n) is 2.83. The van der Waals surface area contributed by atoms with E-state index < -0.39 is 9.84 Å². The third kappa shape index (κ3) is 4.57. The van der Waals surface area contributed by atoms with E-state index in [2.05, 4.69) is 33.4 Å². The average Bonchev–Trinajstić information content (AvgIpc) is 2.65. The molecule has 1 aliphatic heterocycles. The number of thioether (sulfide) groups is 1. The maximum Gasteiger partial charge on any atom is 0.151 e. The Morgan fingerprint density at radius 3 is 2.94 bits per heavy atom. The van der Waals surface area contributed by atoms with Gasteiger partial charge in [0.15, 0.2) is 9.84 Å². The highest BCUT2D eigenvalue weighted by Crippen LogP contribution is 2.21. The molecule has 0 aliphatic carbocycles. The molecule has 0 saturated carbocycles. The topological polar surface area (TPSA) is 46.2 Å². The quantitative estimate of drug-likeness (QED) is 0.654. The third-order valence-corrected chi connectivity index (χ3v) is 6.09. The summed E-state index contributed by atoms with van der Waals surface area (Å²) in [6.45, 7) is 0.845. The Hall–Kier alpha value is -0.0400. The van der Waals surface area contributed by atoms with Crippen LogP contribution in [0.5, 0.6) is 0 Å². The van der Waals surface area contributed by atoms with E-state index >= 15 is 0 Å². The summed E-state index contributed by atoms with van der Waals surface area (Å²) in [5.41, 5.74) is 0. The first-order chi connectivity index (χ1) is 8.55. The van der Waals surface area contributed by atoms with Gasteiger partial charge in [-0.1, -0.05) is 22.0 Å². The monoisotopic (exact) mass is 349 g/mol. The van der Waals surface area contributed by atoms with E-state index in [4.69, 9.17) is 0 Å². The zero-order valence-corrected chi connectivity index (χ0v) is 13.2. The number of sulfone groups is 1. The molecule has 0 aromatic heterocycles. The molecular formula is C12H16BrNO2S2. The van der Waals surface area contributed by atoms with Crippen molar-refractivity contribution in [2.45, 2.75) is 17.4 Å². The molecule has 2 rings (SSSR count). The smallest absolute Gasteiger partial charge is 0.151 e. The summed E-state index contributed by atoms with van der Waals surface area (Å²) in [7, 11) is -2.77. The zero-order chi connectivity index (χ0) is 13.0. The summed E-state index contributed by atoms with van der Waals surface area (Å²) >= 11 is 5.22. The molecule has 0 bridgehead atoms. The molecule has 6 heteroatoms. The number of rotatable bonds is 5. The molecule has 100 valence electrons. The lowest BCUT2D eigenvalue weighted by molar-refractivity contribution is 0.575. The highest BCUT2D eigenvalue weighted by molar-refractivity contribution is 9.10. The van der Waals surface area contributed by atoms with Gasteiger partial charge in [-0.05, 0) is 24.6 Å². The summed E-state index contributed by atoms with van der Waals surface area (Å²) in [5.74, 6) is 1.59. The lowest BCUT2D eigenvalue weighted by Crippen LogP contribution is -2.31. The van der Waals surface area contributed by atoms with Crippen molar-refractivity contribution >= 4 is 37.5 Å². The molecule has 1 fully saturated rings. The van der Waals surface area contributed by atoms with Crippen LogP contribution in [0, 0.1) is 0 Å². The Bertz CT molecular complexity index is 505. The van der Waals surface area contributed by atoms with Crippen LogP contribution >= 0.6 is 27.7 Å². The van der Waals surface area contributed by atoms with Gasteiger partial charge in [-0.3, -0.25) is 0 Å². The van der Waals surface area contributed by atoms with Crippen LogP contribution in [0.4, 0.5) is 0 Å². The van der Waals surface area contributed by atoms with Crippen LogP contribution in [0.15, 0.2) is 33.6 Å². The van der Waals surface area contributed by atoms with Gasteiger partial charge in [-0.15, -0.1) is 11.8 Å². The lowest BCUT2D eigenvalue weighted by Gasteiger charge is -2.10. The van der Waals surface area contributed by atoms with Gasteiger partial charge >= 0.3 is 0 Å². The highest BCUT2D eigenvalue weighted by atomic mass is 79.9. The largest absolute Gasteiger partial charge is 0.312 e. The second-order valence-electron chi connectivity index (χ2n) is 4.36. The van der Waals surface area contributed by atoms with Crippen LogP contribution in [0.2, 0.25) is 0 Å². The standard InChI is InChI=1S/C12H16BrNO2S2/c13-10-2-1-3-12(8-10)17-6-5-14-11-4-7-18(15,16)9-11/h1-3,8,11,14H,4-7,9H2. The Balaban J connectivity index is 1.68. The molecule has 1 saturated heterocycles. The summed E-state index contributed by atoms with van der Waals surface area (Å²) in [5, 5.41) is 3.31. The maximum absolute atomic E-state index is 11.3. The average molecular weight is 350 g/mol. The van der Waals surface area contributed by atoms with Crippen LogP contribution < -0.4 is 5.32 Å². The fraction of sp³-hybridized carbons (Fsp3) is 0.500. The number of nitrogens with one attached hydrogen (secondary N) is 1. The van der Waals surface area contributed by atoms with Gasteiger partial charge in [0.2, 0.25) is 0 Å². The van der Waals surface area contributed by atoms with Crippen molar-refractivity contribution in [3.8, 4) is 0 Å². The van der Waals surface area contributed by atoms with Crippen molar-refractivity contribution in [1.82, 2.24) is 5.32 Å². The first-order valence-corrected chi connectivity index (χ1v) is 9.47. The lowest BCUT2D eigenvalue weighted by atomic mass is 10.3. The van der Waals surface area contributed by atoms with Gasteiger partial charge in [0.1, 0.15) is 0 Å². The number of benzene rings is 1. The van der Waals surface area contributed by atoms with E-state index in [-0.39, 0.29) is 6.04 Å². The van der Waals surface area contributed by atoms with Gasteiger partial charge < -0.3 is 5.32 Å². The highest BCUT2D eigenvalue weighted by Gasteiger charge is 2.26. The van der Waals surface area contributed by atoms with Crippen molar-refractivity contribution in [2.75, 3.05) is 23.8 Å². The number of hydrogen-bond donors (Lipinski definition) is 1. The van der Waals surface area contributed by atoms with E-state index in [0.29, 0.717) is 11.5 Å². The summed E-state index contributed by atoms with van der Waals surface area (Å²) in [6, 6.07) is 8.34. The molecule has 1 unspecified atom stereocenters. The molecule has 1 aromatic rings. The van der Waals surface area contributed by atoms with Gasteiger partial charge in [-0.25, -0.2) is 8.42 Å². The first kappa shape index (κ1) is 14.4. The van der Waals surface area contributed by atoms with Crippen LogP contribution in [-0.2, 0) is 9.84 Å². The first-order valence-electron chi connectivity index (χ1n) is 5.87. The van der Waals surface area contributed by atoms with Crippen LogP contribution in [0.3, 0.4) is 0 Å². The van der Waals surface area contributed by atoms with Crippen LogP contribution in [-0.4, -0.2) is 38.3 Å². The predicted octanol–water partition coefficient (Wildman–Crippen LogP) is 2.32. The van der Waals surface area contributed by atoms with Crippen molar-refractivity contribution in [3.63, 3.8) is 0 Å². The van der Waals surface area contributed by atoms with Crippen molar-refractivity contribution in [2.24, 2.45) is 0 Å². The summed E-state index contributed by atoms with van der Waals surface area (Å²) in [6.07, 6.45) is 0.754. The van der Waals surface area contributed by atoms with Gasteiger partial charge in [0.05, 0.1) is 11.5 Å². The van der Waals surface area contributed by atoms with Crippen molar-refractivity contribution in [3.05, 3.63) is 28.7 Å². The number of halogens is 1. The minimum absolute atomic E-state index is 0.151. The van der Waals surface area contributed by atoms with E-state index in [1.165, 1.54) is 4.90 Å². The molecule has 0 radical (unpaired) electrons. The number of hydrogen-bond acceptors (Lipinski definition) is 4. The fourth-order valence-electron chi connectivity index (χ4n) is 1.94. The van der Waals surface area contributed by atoms with Crippen LogP contribution in [0.25, 0.3) is 0 Å². The molecular weight excluding hydrogens is 334 g/mol. The Morgan fingerprint density at radius 1 is 1.44 bits per heavy atom. The minimum Gasteiger partial charge on any atom is -0.312 e. The zero-order valence-electron chi connectivity index (χ0n) is 9.93. The molecule has 1 aliphatic rings. The van der Waals surface area contributed by atoms with E-state index in [1.54, 1.807) is 11.8 Å². The predicted molar refractivity (Wildman–Crippen MR) is 79.9 cm³/mol. The summed E-state index contributed by atoms with van der Waals surface area (Å²) < 4.78 is 23.6. The van der Waals surface area contributed by atoms with Crippen LogP contribution in [0.1, 0.15) is 6.42 Å². The van der Waals surface area contributed by atoms with E-state index in [1.807, 2.05) is 12.1 Å². The molecule has 18 heavy (non-hydrogen) atoms. The fourth-order valence-corrected chi connectivity index (χ4v) is 5.04. The second kappa shape index (κ2) is 6.41. The molecule has 1 heterocycles. The Kier molecular flexibility index (Phi) is 5.12. The van der Waals surface area contributed by atoms with E-state index in [0.717, 1.165) is 23.2 Å². The SMILES string of the molecule is O=S1(=O)CCC(NCCSc2cccc(Br)c2)C1. The molecule has 3 nitrogen and oxygen atoms in total. The molecule has 1 atom stereocenters. The molecule has 0 spiro atoms. The van der Waals surface area contributed by atoms with Gasteiger partial charge in [0.25, 0.3) is 0 Å². The molecule has 1 N–H and O–H groups in total. The van der Waals surface area contributed by atoms with Gasteiger partial charge in [-0.2, -0.15) is 0 Å². The molecule has 1 aromatic carbocycles. The maximum atomic E-state index is 11.3. The second-order valence-corrected chi connectivity index (χ2v) is 8.67. The normalized spacial score (nSPS) is 22.2.